The number of benzene rings is 3. The average Bonchev–Trinajstić information content (AvgIpc) is 3.06. The Morgan fingerprint density at radius 2 is 1.60 bits per heavy atom. The third-order valence-corrected chi connectivity index (χ3v) is 5.39. The zero-order valence-corrected chi connectivity index (χ0v) is 14.2. The van der Waals surface area contributed by atoms with Crippen LogP contribution < -0.4 is 0 Å². The highest BCUT2D eigenvalue weighted by Gasteiger charge is 2.13. The van der Waals surface area contributed by atoms with Crippen LogP contribution in [0.1, 0.15) is 5.56 Å². The molecular formula is C21H14N2OS. The first kappa shape index (κ1) is 14.5. The second-order valence-corrected chi connectivity index (χ2v) is 6.85. The zero-order chi connectivity index (χ0) is 16.6. The van der Waals surface area contributed by atoms with Crippen LogP contribution in [0.4, 0.5) is 0 Å². The van der Waals surface area contributed by atoms with Gasteiger partial charge in [0, 0.05) is 11.1 Å². The molecule has 0 saturated carbocycles. The van der Waals surface area contributed by atoms with Gasteiger partial charge in [-0.2, -0.15) is 0 Å². The fraction of sp³-hybridized carbons (Fsp3) is 0.0476. The van der Waals surface area contributed by atoms with Gasteiger partial charge < -0.3 is 4.42 Å². The van der Waals surface area contributed by atoms with E-state index < -0.39 is 0 Å². The number of fused-ring (bicyclic) bond motifs is 4. The average molecular weight is 342 g/mol. The van der Waals surface area contributed by atoms with Crippen molar-refractivity contribution >= 4 is 44.6 Å². The maximum absolute atomic E-state index is 6.01. The molecule has 0 atom stereocenters. The lowest BCUT2D eigenvalue weighted by Crippen LogP contribution is -1.87. The summed E-state index contributed by atoms with van der Waals surface area (Å²) in [5, 5.41) is 4.46. The number of rotatable bonds is 3. The first-order valence-electron chi connectivity index (χ1n) is 8.12. The summed E-state index contributed by atoms with van der Waals surface area (Å²) in [7, 11) is 0. The van der Waals surface area contributed by atoms with Crippen molar-refractivity contribution in [3.05, 3.63) is 78.6 Å². The predicted octanol–water partition coefficient (Wildman–Crippen LogP) is 5.82. The summed E-state index contributed by atoms with van der Waals surface area (Å²) >= 11 is 1.69. The molecule has 0 unspecified atom stereocenters. The van der Waals surface area contributed by atoms with E-state index in [2.05, 4.69) is 52.4 Å². The minimum absolute atomic E-state index is 0.772. The van der Waals surface area contributed by atoms with Gasteiger partial charge in [0.25, 0.3) is 0 Å². The summed E-state index contributed by atoms with van der Waals surface area (Å²) < 4.78 is 6.01. The van der Waals surface area contributed by atoms with Crippen molar-refractivity contribution in [1.82, 2.24) is 9.97 Å². The van der Waals surface area contributed by atoms with E-state index in [-0.39, 0.29) is 0 Å². The summed E-state index contributed by atoms with van der Waals surface area (Å²) in [5.74, 6) is 0.838. The van der Waals surface area contributed by atoms with E-state index in [0.717, 1.165) is 32.8 Å². The first-order chi connectivity index (χ1) is 12.4. The van der Waals surface area contributed by atoms with Crippen LogP contribution in [-0.2, 0) is 5.75 Å². The van der Waals surface area contributed by atoms with E-state index >= 15 is 0 Å². The maximum Gasteiger partial charge on any atom is 0.186 e. The molecule has 2 aromatic heterocycles. The van der Waals surface area contributed by atoms with Crippen LogP contribution >= 0.6 is 11.8 Å². The van der Waals surface area contributed by atoms with E-state index in [1.165, 1.54) is 16.3 Å². The molecule has 0 amide bonds. The Morgan fingerprint density at radius 3 is 2.56 bits per heavy atom. The van der Waals surface area contributed by atoms with Gasteiger partial charge >= 0.3 is 0 Å². The monoisotopic (exact) mass is 342 g/mol. The molecule has 120 valence electrons. The highest BCUT2D eigenvalue weighted by molar-refractivity contribution is 7.98. The van der Waals surface area contributed by atoms with Crippen LogP contribution in [0.25, 0.3) is 32.8 Å². The minimum Gasteiger partial charge on any atom is -0.451 e. The molecule has 0 saturated heterocycles. The van der Waals surface area contributed by atoms with Crippen LogP contribution in [-0.4, -0.2) is 9.97 Å². The molecule has 2 heterocycles. The lowest BCUT2D eigenvalue weighted by Gasteiger charge is -2.06. The lowest BCUT2D eigenvalue weighted by molar-refractivity contribution is 0.653. The molecule has 0 aliphatic rings. The van der Waals surface area contributed by atoms with Gasteiger partial charge in [-0.1, -0.05) is 66.4 Å². The summed E-state index contributed by atoms with van der Waals surface area (Å²) in [6.45, 7) is 0. The highest BCUT2D eigenvalue weighted by atomic mass is 32.2. The van der Waals surface area contributed by atoms with E-state index in [1.54, 1.807) is 18.1 Å². The Kier molecular flexibility index (Phi) is 3.42. The molecule has 5 aromatic rings. The fourth-order valence-electron chi connectivity index (χ4n) is 3.17. The molecule has 0 aliphatic carbocycles. The zero-order valence-electron chi connectivity index (χ0n) is 13.3. The van der Waals surface area contributed by atoms with Crippen molar-refractivity contribution in [3.63, 3.8) is 0 Å². The van der Waals surface area contributed by atoms with Gasteiger partial charge in [0.2, 0.25) is 0 Å². The number of hydrogen-bond acceptors (Lipinski definition) is 4. The van der Waals surface area contributed by atoms with Crippen molar-refractivity contribution in [2.24, 2.45) is 0 Å². The number of hydrogen-bond donors (Lipinski definition) is 0. The van der Waals surface area contributed by atoms with E-state index in [9.17, 15) is 0 Å². The number of aromatic nitrogens is 2. The summed E-state index contributed by atoms with van der Waals surface area (Å²) in [5.41, 5.74) is 3.80. The Hall–Kier alpha value is -2.85. The molecule has 3 aromatic carbocycles. The van der Waals surface area contributed by atoms with Gasteiger partial charge in [-0.25, -0.2) is 9.97 Å². The molecule has 0 radical (unpaired) electrons. The smallest absolute Gasteiger partial charge is 0.186 e. The topological polar surface area (TPSA) is 38.9 Å². The van der Waals surface area contributed by atoms with E-state index in [4.69, 9.17) is 4.42 Å². The van der Waals surface area contributed by atoms with Crippen molar-refractivity contribution < 1.29 is 4.42 Å². The quantitative estimate of drug-likeness (QED) is 0.306. The van der Waals surface area contributed by atoms with Crippen LogP contribution in [0.3, 0.4) is 0 Å². The standard InChI is InChI=1S/C21H14N2OS/c1-2-9-16-14(6-1)7-5-8-15(16)12-25-21-20-19(22-13-23-21)17-10-3-4-11-18(17)24-20/h1-11,13H,12H2. The third kappa shape index (κ3) is 2.46. The molecule has 0 bridgehead atoms. The molecule has 3 nitrogen and oxygen atoms in total. The minimum atomic E-state index is 0.772. The first-order valence-corrected chi connectivity index (χ1v) is 9.10. The predicted molar refractivity (Wildman–Crippen MR) is 103 cm³/mol. The molecule has 5 rings (SSSR count). The van der Waals surface area contributed by atoms with Crippen molar-refractivity contribution in [2.75, 3.05) is 0 Å². The van der Waals surface area contributed by atoms with Crippen molar-refractivity contribution in [1.29, 1.82) is 0 Å². The third-order valence-electron chi connectivity index (χ3n) is 4.37. The Bertz CT molecular complexity index is 1210. The fourth-order valence-corrected chi connectivity index (χ4v) is 4.11. The van der Waals surface area contributed by atoms with Gasteiger partial charge in [0.1, 0.15) is 22.5 Å². The molecular weight excluding hydrogens is 328 g/mol. The van der Waals surface area contributed by atoms with Gasteiger partial charge in [0.15, 0.2) is 5.58 Å². The largest absolute Gasteiger partial charge is 0.451 e. The van der Waals surface area contributed by atoms with Gasteiger partial charge in [-0.15, -0.1) is 0 Å². The number of thioether (sulfide) groups is 1. The summed E-state index contributed by atoms with van der Waals surface area (Å²) in [6, 6.07) is 22.9. The number of furan rings is 1. The molecule has 0 aliphatic heterocycles. The number of para-hydroxylation sites is 1. The van der Waals surface area contributed by atoms with Crippen molar-refractivity contribution in [2.45, 2.75) is 10.8 Å². The van der Waals surface area contributed by atoms with Crippen molar-refractivity contribution in [3.8, 4) is 0 Å². The molecule has 4 heteroatoms. The highest BCUT2D eigenvalue weighted by Crippen LogP contribution is 2.34. The second-order valence-electron chi connectivity index (χ2n) is 5.88. The molecule has 0 fully saturated rings. The second kappa shape index (κ2) is 5.90. The maximum atomic E-state index is 6.01. The molecule has 0 N–H and O–H groups in total. The summed E-state index contributed by atoms with van der Waals surface area (Å²) in [4.78, 5) is 8.87. The van der Waals surface area contributed by atoms with E-state index in [1.807, 2.05) is 24.3 Å². The lowest BCUT2D eigenvalue weighted by atomic mass is 10.1. The Labute approximate surface area is 148 Å². The summed E-state index contributed by atoms with van der Waals surface area (Å²) in [6.07, 6.45) is 1.62. The van der Waals surface area contributed by atoms with Gasteiger partial charge in [0.05, 0.1) is 0 Å². The molecule has 25 heavy (non-hydrogen) atoms. The van der Waals surface area contributed by atoms with Gasteiger partial charge in [-0.3, -0.25) is 0 Å². The Balaban J connectivity index is 1.56. The molecule has 0 spiro atoms. The van der Waals surface area contributed by atoms with Gasteiger partial charge in [-0.05, 0) is 28.5 Å². The SMILES string of the molecule is c1ccc2c(CSc3ncnc4c3oc3ccccc34)cccc2c1. The Morgan fingerprint density at radius 1 is 0.800 bits per heavy atom. The number of nitrogens with zero attached hydrogens (tertiary/aromatic N) is 2. The normalized spacial score (nSPS) is 11.5. The van der Waals surface area contributed by atoms with Crippen LogP contribution in [0.5, 0.6) is 0 Å². The van der Waals surface area contributed by atoms with Crippen LogP contribution in [0, 0.1) is 0 Å². The van der Waals surface area contributed by atoms with E-state index in [0.29, 0.717) is 0 Å². The van der Waals surface area contributed by atoms with Crippen LogP contribution in [0.2, 0.25) is 0 Å². The van der Waals surface area contributed by atoms with Crippen LogP contribution in [0.15, 0.2) is 82.5 Å².